The van der Waals surface area contributed by atoms with Gasteiger partial charge in [0, 0.05) is 19.3 Å². The third-order valence-electron chi connectivity index (χ3n) is 14.5. The van der Waals surface area contributed by atoms with E-state index in [4.69, 9.17) is 14.2 Å². The zero-order valence-electron chi connectivity index (χ0n) is 47.6. The van der Waals surface area contributed by atoms with E-state index in [2.05, 4.69) is 32.9 Å². The van der Waals surface area contributed by atoms with E-state index in [1.807, 2.05) is 0 Å². The zero-order valence-corrected chi connectivity index (χ0v) is 47.6. The van der Waals surface area contributed by atoms with Gasteiger partial charge in [-0.05, 0) is 44.9 Å². The number of carbonyl (C=O) groups is 3. The van der Waals surface area contributed by atoms with Crippen molar-refractivity contribution in [2.24, 2.45) is 0 Å². The highest BCUT2D eigenvalue weighted by molar-refractivity contribution is 5.71. The van der Waals surface area contributed by atoms with Crippen LogP contribution < -0.4 is 0 Å². The van der Waals surface area contributed by atoms with Crippen LogP contribution in [0.15, 0.2) is 12.2 Å². The number of unbranched alkanes of at least 4 members (excludes halogenated alkanes) is 46. The van der Waals surface area contributed by atoms with E-state index in [9.17, 15) is 14.4 Å². The largest absolute Gasteiger partial charge is 0.462 e. The second kappa shape index (κ2) is 59.7. The summed E-state index contributed by atoms with van der Waals surface area (Å²) in [7, 11) is 0. The molecule has 0 amide bonds. The van der Waals surface area contributed by atoms with Gasteiger partial charge < -0.3 is 14.2 Å². The van der Waals surface area contributed by atoms with Gasteiger partial charge in [-0.25, -0.2) is 0 Å². The van der Waals surface area contributed by atoms with E-state index in [-0.39, 0.29) is 31.1 Å². The number of esters is 3. The molecule has 0 radical (unpaired) electrons. The molecule has 1 atom stereocenters. The second-order valence-electron chi connectivity index (χ2n) is 21.7. The summed E-state index contributed by atoms with van der Waals surface area (Å²) in [5.74, 6) is -0.865. The lowest BCUT2D eigenvalue weighted by Crippen LogP contribution is -2.30. The Bertz CT molecular complexity index is 1090. The lowest BCUT2D eigenvalue weighted by Gasteiger charge is -2.18. The van der Waals surface area contributed by atoms with Crippen LogP contribution in [-0.4, -0.2) is 37.2 Å². The number of hydrogen-bond donors (Lipinski definition) is 0. The molecular weight excluding hydrogens is 865 g/mol. The van der Waals surface area contributed by atoms with Gasteiger partial charge >= 0.3 is 17.9 Å². The first-order chi connectivity index (χ1) is 34.5. The highest BCUT2D eigenvalue weighted by Crippen LogP contribution is 2.18. The molecule has 0 rings (SSSR count). The maximum atomic E-state index is 12.8. The topological polar surface area (TPSA) is 78.9 Å². The normalized spacial score (nSPS) is 12.0. The lowest BCUT2D eigenvalue weighted by atomic mass is 10.0. The van der Waals surface area contributed by atoms with Gasteiger partial charge in [0.1, 0.15) is 13.2 Å². The summed E-state index contributed by atoms with van der Waals surface area (Å²) >= 11 is 0. The molecule has 6 heteroatoms. The summed E-state index contributed by atoms with van der Waals surface area (Å²) in [4.78, 5) is 37.9. The van der Waals surface area contributed by atoms with Gasteiger partial charge in [-0.15, -0.1) is 0 Å². The first kappa shape index (κ1) is 68.2. The van der Waals surface area contributed by atoms with Gasteiger partial charge in [0.05, 0.1) is 0 Å². The number of allylic oxidation sites excluding steroid dienone is 2. The molecule has 0 fully saturated rings. The molecule has 0 aromatic carbocycles. The predicted octanol–water partition coefficient (Wildman–Crippen LogP) is 21.3. The molecule has 6 nitrogen and oxygen atoms in total. The van der Waals surface area contributed by atoms with Crippen molar-refractivity contribution in [3.8, 4) is 0 Å². The first-order valence-corrected chi connectivity index (χ1v) is 31.7. The van der Waals surface area contributed by atoms with Crippen LogP contribution in [0.5, 0.6) is 0 Å². The van der Waals surface area contributed by atoms with E-state index in [0.29, 0.717) is 19.3 Å². The molecule has 0 aliphatic heterocycles. The molecule has 0 spiro atoms. The molecule has 0 aliphatic rings. The highest BCUT2D eigenvalue weighted by atomic mass is 16.6. The van der Waals surface area contributed by atoms with Crippen LogP contribution in [0, 0.1) is 0 Å². The van der Waals surface area contributed by atoms with E-state index < -0.39 is 6.10 Å². The zero-order chi connectivity index (χ0) is 50.7. The molecule has 0 saturated carbocycles. The minimum atomic E-state index is -0.767. The third-order valence-corrected chi connectivity index (χ3v) is 14.5. The summed E-state index contributed by atoms with van der Waals surface area (Å²) in [6.45, 7) is 6.62. The van der Waals surface area contributed by atoms with Gasteiger partial charge in [-0.3, -0.25) is 14.4 Å². The minimum absolute atomic E-state index is 0.0686. The standard InChI is InChI=1S/C64H122O6/c1-4-7-10-13-16-18-20-22-23-24-25-26-27-28-29-30-31-32-33-34-35-36-37-38-39-40-41-42-44-45-48-51-54-57-63(66)69-60-61(59-68-62(65)56-53-50-47-15-12-9-6-3)70-64(67)58-55-52-49-46-43-21-19-17-14-11-8-5-2/h17,19,61H,4-16,18,20-60H2,1-3H3/b19-17-. The average molecular weight is 988 g/mol. The maximum Gasteiger partial charge on any atom is 0.306 e. The van der Waals surface area contributed by atoms with Crippen molar-refractivity contribution in [3.05, 3.63) is 12.2 Å². The number of rotatable bonds is 59. The Hall–Kier alpha value is -1.85. The Kier molecular flexibility index (Phi) is 58.1. The predicted molar refractivity (Wildman–Crippen MR) is 303 cm³/mol. The number of carbonyl (C=O) groups excluding carboxylic acids is 3. The van der Waals surface area contributed by atoms with Crippen LogP contribution >= 0.6 is 0 Å². The fourth-order valence-corrected chi connectivity index (χ4v) is 9.74. The van der Waals surface area contributed by atoms with Crippen LogP contribution in [0.4, 0.5) is 0 Å². The van der Waals surface area contributed by atoms with Crippen molar-refractivity contribution >= 4 is 17.9 Å². The molecule has 0 aliphatic carbocycles. The SMILES string of the molecule is CCCCC/C=C\CCCCCCCC(=O)OC(COC(=O)CCCCCCCCC)COC(=O)CCCCCCCCCCCCCCCCCCCCCCCCCCCCCCCCCCC. The van der Waals surface area contributed by atoms with Crippen LogP contribution in [0.1, 0.15) is 361 Å². The van der Waals surface area contributed by atoms with E-state index in [0.717, 1.165) is 64.2 Å². The van der Waals surface area contributed by atoms with Crippen molar-refractivity contribution < 1.29 is 28.6 Å². The Morgan fingerprint density at radius 1 is 0.271 bits per heavy atom. The van der Waals surface area contributed by atoms with Crippen LogP contribution in [0.25, 0.3) is 0 Å². The van der Waals surface area contributed by atoms with E-state index >= 15 is 0 Å². The Morgan fingerprint density at radius 2 is 0.471 bits per heavy atom. The Labute approximate surface area is 437 Å². The van der Waals surface area contributed by atoms with Crippen molar-refractivity contribution in [2.75, 3.05) is 13.2 Å². The lowest BCUT2D eigenvalue weighted by molar-refractivity contribution is -0.167. The van der Waals surface area contributed by atoms with E-state index in [1.54, 1.807) is 0 Å². The molecular formula is C64H122O6. The fourth-order valence-electron chi connectivity index (χ4n) is 9.74. The van der Waals surface area contributed by atoms with Gasteiger partial charge in [-0.1, -0.05) is 309 Å². The molecule has 0 aromatic rings. The molecule has 1 unspecified atom stereocenters. The average Bonchev–Trinajstić information content (AvgIpc) is 3.36. The second-order valence-corrected chi connectivity index (χ2v) is 21.7. The molecule has 0 N–H and O–H groups in total. The molecule has 0 aromatic heterocycles. The Morgan fingerprint density at radius 3 is 0.743 bits per heavy atom. The smallest absolute Gasteiger partial charge is 0.306 e. The summed E-state index contributed by atoms with van der Waals surface area (Å²) in [5, 5.41) is 0. The van der Waals surface area contributed by atoms with Gasteiger partial charge in [0.25, 0.3) is 0 Å². The van der Waals surface area contributed by atoms with Gasteiger partial charge in [0.2, 0.25) is 0 Å². The molecule has 0 saturated heterocycles. The molecule has 0 bridgehead atoms. The highest BCUT2D eigenvalue weighted by Gasteiger charge is 2.19. The molecule has 0 heterocycles. The van der Waals surface area contributed by atoms with Crippen LogP contribution in [-0.2, 0) is 28.6 Å². The van der Waals surface area contributed by atoms with Crippen molar-refractivity contribution in [1.29, 1.82) is 0 Å². The van der Waals surface area contributed by atoms with Crippen molar-refractivity contribution in [2.45, 2.75) is 367 Å². The summed E-state index contributed by atoms with van der Waals surface area (Å²) in [6.07, 6.45) is 69.9. The van der Waals surface area contributed by atoms with Crippen molar-refractivity contribution in [1.82, 2.24) is 0 Å². The van der Waals surface area contributed by atoms with Crippen molar-refractivity contribution in [3.63, 3.8) is 0 Å². The third kappa shape index (κ3) is 57.1. The molecule has 414 valence electrons. The van der Waals surface area contributed by atoms with Crippen LogP contribution in [0.3, 0.4) is 0 Å². The minimum Gasteiger partial charge on any atom is -0.462 e. The number of ether oxygens (including phenoxy) is 3. The monoisotopic (exact) mass is 987 g/mol. The Balaban J connectivity index is 3.87. The first-order valence-electron chi connectivity index (χ1n) is 31.7. The summed E-state index contributed by atoms with van der Waals surface area (Å²) in [5.41, 5.74) is 0. The fraction of sp³-hybridized carbons (Fsp3) is 0.922. The van der Waals surface area contributed by atoms with Crippen LogP contribution in [0.2, 0.25) is 0 Å². The summed E-state index contributed by atoms with van der Waals surface area (Å²) < 4.78 is 16.8. The van der Waals surface area contributed by atoms with E-state index in [1.165, 1.54) is 257 Å². The molecule has 70 heavy (non-hydrogen) atoms. The van der Waals surface area contributed by atoms with Gasteiger partial charge in [-0.2, -0.15) is 0 Å². The maximum absolute atomic E-state index is 12.8. The number of hydrogen-bond acceptors (Lipinski definition) is 6. The quantitative estimate of drug-likeness (QED) is 0.0261. The summed E-state index contributed by atoms with van der Waals surface area (Å²) in [6, 6.07) is 0. The van der Waals surface area contributed by atoms with Gasteiger partial charge in [0.15, 0.2) is 6.10 Å².